The van der Waals surface area contributed by atoms with E-state index in [1.165, 1.54) is 14.0 Å². The number of oxazole rings is 1. The molecule has 27 heavy (non-hydrogen) atoms. The molecule has 0 spiro atoms. The first kappa shape index (κ1) is 18.3. The maximum Gasteiger partial charge on any atom is 0.302 e. The van der Waals surface area contributed by atoms with Crippen molar-refractivity contribution in [1.82, 2.24) is 10.3 Å². The van der Waals surface area contributed by atoms with Gasteiger partial charge in [-0.1, -0.05) is 6.07 Å². The minimum Gasteiger partial charge on any atom is -0.497 e. The van der Waals surface area contributed by atoms with Gasteiger partial charge in [0.1, 0.15) is 11.3 Å². The van der Waals surface area contributed by atoms with Crippen LogP contribution >= 0.6 is 12.2 Å². The van der Waals surface area contributed by atoms with E-state index < -0.39 is 5.91 Å². The van der Waals surface area contributed by atoms with Gasteiger partial charge < -0.3 is 14.5 Å². The molecular weight excluding hydrogens is 368 g/mol. The smallest absolute Gasteiger partial charge is 0.302 e. The number of methoxy groups -OCH3 is 1. The van der Waals surface area contributed by atoms with Gasteiger partial charge in [0.25, 0.3) is 5.91 Å². The number of thiocarbonyl (C=S) groups is 1. The van der Waals surface area contributed by atoms with Crippen molar-refractivity contribution in [3.63, 3.8) is 0 Å². The lowest BCUT2D eigenvalue weighted by atomic mass is 10.2. The van der Waals surface area contributed by atoms with Gasteiger partial charge >= 0.3 is 6.01 Å². The van der Waals surface area contributed by atoms with Crippen molar-refractivity contribution < 1.29 is 18.7 Å². The van der Waals surface area contributed by atoms with Gasteiger partial charge in [-0.2, -0.15) is 4.98 Å². The largest absolute Gasteiger partial charge is 0.497 e. The summed E-state index contributed by atoms with van der Waals surface area (Å²) >= 11 is 5.13. The Bertz CT molecular complexity index is 1030. The number of ether oxygens (including phenoxy) is 1. The Labute approximate surface area is 159 Å². The second-order valence-electron chi connectivity index (χ2n) is 5.52. The Morgan fingerprint density at radius 2 is 1.96 bits per heavy atom. The fourth-order valence-electron chi connectivity index (χ4n) is 2.33. The van der Waals surface area contributed by atoms with E-state index in [0.29, 0.717) is 28.1 Å². The summed E-state index contributed by atoms with van der Waals surface area (Å²) in [5.74, 6) is -0.0143. The van der Waals surface area contributed by atoms with Gasteiger partial charge in [-0.3, -0.25) is 20.2 Å². The van der Waals surface area contributed by atoms with Crippen molar-refractivity contribution in [3.05, 3.63) is 48.0 Å². The number of benzene rings is 2. The molecule has 0 radical (unpaired) electrons. The molecule has 8 nitrogen and oxygen atoms in total. The van der Waals surface area contributed by atoms with Crippen molar-refractivity contribution in [2.45, 2.75) is 6.92 Å². The normalized spacial score (nSPS) is 10.3. The average Bonchev–Trinajstić information content (AvgIpc) is 3.02. The summed E-state index contributed by atoms with van der Waals surface area (Å²) in [6.45, 7) is 1.42. The molecule has 9 heteroatoms. The first-order valence-corrected chi connectivity index (χ1v) is 8.30. The Morgan fingerprint density at radius 1 is 1.15 bits per heavy atom. The molecule has 0 saturated carbocycles. The lowest BCUT2D eigenvalue weighted by Crippen LogP contribution is -2.34. The number of nitrogens with one attached hydrogen (secondary N) is 3. The third kappa shape index (κ3) is 4.59. The lowest BCUT2D eigenvalue weighted by Gasteiger charge is -2.07. The van der Waals surface area contributed by atoms with E-state index in [1.54, 1.807) is 42.5 Å². The first-order valence-electron chi connectivity index (χ1n) is 7.89. The summed E-state index contributed by atoms with van der Waals surface area (Å²) in [5.41, 5.74) is 2.03. The minimum atomic E-state index is -0.393. The van der Waals surface area contributed by atoms with Gasteiger partial charge in [0.15, 0.2) is 10.7 Å². The fraction of sp³-hybridized carbons (Fsp3) is 0.111. The Kier molecular flexibility index (Phi) is 5.32. The third-order valence-corrected chi connectivity index (χ3v) is 3.69. The number of carbonyl (C=O) groups is 2. The summed E-state index contributed by atoms with van der Waals surface area (Å²) < 4.78 is 10.6. The van der Waals surface area contributed by atoms with Gasteiger partial charge in [0.05, 0.1) is 7.11 Å². The van der Waals surface area contributed by atoms with Gasteiger partial charge in [0.2, 0.25) is 5.91 Å². The van der Waals surface area contributed by atoms with E-state index in [9.17, 15) is 9.59 Å². The van der Waals surface area contributed by atoms with Gasteiger partial charge in [0, 0.05) is 24.2 Å². The average molecular weight is 384 g/mol. The summed E-state index contributed by atoms with van der Waals surface area (Å²) in [6.07, 6.45) is 0. The number of amides is 2. The zero-order valence-electron chi connectivity index (χ0n) is 14.5. The molecule has 3 rings (SSSR count). The molecule has 138 valence electrons. The van der Waals surface area contributed by atoms with Crippen LogP contribution in [0, 0.1) is 0 Å². The molecule has 3 N–H and O–H groups in total. The molecule has 0 aliphatic carbocycles. The molecule has 0 atom stereocenters. The highest BCUT2D eigenvalue weighted by molar-refractivity contribution is 7.80. The third-order valence-electron chi connectivity index (χ3n) is 3.49. The summed E-state index contributed by atoms with van der Waals surface area (Å²) in [7, 11) is 1.52. The van der Waals surface area contributed by atoms with Crippen molar-refractivity contribution in [2.24, 2.45) is 0 Å². The molecule has 3 aromatic rings. The monoisotopic (exact) mass is 384 g/mol. The van der Waals surface area contributed by atoms with E-state index in [1.807, 2.05) is 0 Å². The predicted molar refractivity (Wildman–Crippen MR) is 105 cm³/mol. The molecule has 0 aliphatic heterocycles. The maximum absolute atomic E-state index is 12.2. The van der Waals surface area contributed by atoms with E-state index in [-0.39, 0.29) is 17.0 Å². The van der Waals surface area contributed by atoms with Crippen molar-refractivity contribution in [1.29, 1.82) is 0 Å². The van der Waals surface area contributed by atoms with Gasteiger partial charge in [-0.25, -0.2) is 0 Å². The highest BCUT2D eigenvalue weighted by atomic mass is 32.1. The number of rotatable bonds is 4. The minimum absolute atomic E-state index is 0.0384. The highest BCUT2D eigenvalue weighted by Crippen LogP contribution is 2.22. The van der Waals surface area contributed by atoms with E-state index in [0.717, 1.165) is 0 Å². The second kappa shape index (κ2) is 7.83. The van der Waals surface area contributed by atoms with Crippen LogP contribution in [0.15, 0.2) is 46.9 Å². The van der Waals surface area contributed by atoms with Crippen LogP contribution in [-0.2, 0) is 4.79 Å². The van der Waals surface area contributed by atoms with Crippen LogP contribution in [0.1, 0.15) is 17.3 Å². The molecule has 0 saturated heterocycles. The maximum atomic E-state index is 12.2. The molecule has 2 aromatic carbocycles. The van der Waals surface area contributed by atoms with Crippen LogP contribution in [0.5, 0.6) is 5.75 Å². The molecule has 1 heterocycles. The summed E-state index contributed by atoms with van der Waals surface area (Å²) in [4.78, 5) is 27.6. The van der Waals surface area contributed by atoms with Crippen molar-refractivity contribution >= 4 is 51.9 Å². The zero-order valence-corrected chi connectivity index (χ0v) is 15.3. The first-order chi connectivity index (χ1) is 12.9. The Balaban J connectivity index is 1.68. The number of hydrogen-bond acceptors (Lipinski definition) is 6. The number of nitrogens with zero attached hydrogens (tertiary/aromatic N) is 1. The van der Waals surface area contributed by atoms with E-state index in [2.05, 4.69) is 20.9 Å². The van der Waals surface area contributed by atoms with E-state index >= 15 is 0 Å². The van der Waals surface area contributed by atoms with Crippen LogP contribution in [0.2, 0.25) is 0 Å². The number of fused-ring (bicyclic) bond motifs is 1. The van der Waals surface area contributed by atoms with Crippen molar-refractivity contribution in [2.75, 3.05) is 17.7 Å². The van der Waals surface area contributed by atoms with E-state index in [4.69, 9.17) is 21.4 Å². The quantitative estimate of drug-likeness (QED) is 0.594. The SMILES string of the molecule is COc1cccc(C(=O)NC(=S)Nc2nc3ccc(NC(C)=O)cc3o2)c1. The van der Waals surface area contributed by atoms with Crippen LogP contribution in [-0.4, -0.2) is 29.0 Å². The molecular formula is C18H16N4O4S. The summed E-state index contributed by atoms with van der Waals surface area (Å²) in [5, 5.41) is 7.97. The number of anilines is 2. The lowest BCUT2D eigenvalue weighted by molar-refractivity contribution is -0.114. The number of carbonyl (C=O) groups excluding carboxylic acids is 2. The molecule has 0 aliphatic rings. The summed E-state index contributed by atoms with van der Waals surface area (Å²) in [6, 6.07) is 11.9. The highest BCUT2D eigenvalue weighted by Gasteiger charge is 2.12. The van der Waals surface area contributed by atoms with Crippen molar-refractivity contribution in [3.8, 4) is 5.75 Å². The number of aromatic nitrogens is 1. The molecule has 1 aromatic heterocycles. The van der Waals surface area contributed by atoms with Gasteiger partial charge in [-0.05, 0) is 42.5 Å². The Hall–Kier alpha value is -3.46. The molecule has 2 amide bonds. The van der Waals surface area contributed by atoms with Crippen LogP contribution < -0.4 is 20.7 Å². The second-order valence-corrected chi connectivity index (χ2v) is 5.93. The number of hydrogen-bond donors (Lipinski definition) is 3. The fourth-order valence-corrected chi connectivity index (χ4v) is 2.51. The molecule has 0 unspecified atom stereocenters. The van der Waals surface area contributed by atoms with Crippen LogP contribution in [0.25, 0.3) is 11.1 Å². The standard InChI is InChI=1S/C18H16N4O4S/c1-10(23)19-12-6-7-14-15(9-12)26-17(20-14)22-18(27)21-16(24)11-4-3-5-13(8-11)25-2/h3-9H,1-2H3,(H,19,23)(H2,20,21,22,24,27). The topological polar surface area (TPSA) is 105 Å². The van der Waals surface area contributed by atoms with Crippen LogP contribution in [0.3, 0.4) is 0 Å². The zero-order chi connectivity index (χ0) is 19.4. The predicted octanol–water partition coefficient (Wildman–Crippen LogP) is 2.92. The Morgan fingerprint density at radius 3 is 2.70 bits per heavy atom. The van der Waals surface area contributed by atoms with Gasteiger partial charge in [-0.15, -0.1) is 0 Å². The van der Waals surface area contributed by atoms with Crippen LogP contribution in [0.4, 0.5) is 11.7 Å². The molecule has 0 bridgehead atoms. The molecule has 0 fully saturated rings.